The van der Waals surface area contributed by atoms with E-state index in [2.05, 4.69) is 0 Å². The maximum atomic E-state index is 13.3. The highest BCUT2D eigenvalue weighted by Crippen LogP contribution is 2.41. The van der Waals surface area contributed by atoms with E-state index in [1.807, 2.05) is 87.4 Å². The molecule has 4 rings (SSSR count). The second-order valence-corrected chi connectivity index (χ2v) is 9.20. The van der Waals surface area contributed by atoms with Crippen LogP contribution in [0.5, 0.6) is 17.2 Å². The number of likely N-dealkylation sites (N-methyl/N-ethyl adjacent to an activating group) is 1. The molecule has 1 amide bonds. The van der Waals surface area contributed by atoms with Gasteiger partial charge in [-0.2, -0.15) is 0 Å². The average molecular weight is 501 g/mol. The molecule has 0 radical (unpaired) electrons. The molecule has 0 unspecified atom stereocenters. The summed E-state index contributed by atoms with van der Waals surface area (Å²) in [5, 5.41) is 11.4. The number of benzene rings is 3. The van der Waals surface area contributed by atoms with E-state index in [1.165, 1.54) is 4.90 Å². The number of likely N-dealkylation sites (tertiary alicyclic amines) is 1. The van der Waals surface area contributed by atoms with Gasteiger partial charge in [-0.05, 0) is 81.5 Å². The number of aliphatic hydroxyl groups is 1. The van der Waals surface area contributed by atoms with Gasteiger partial charge in [0, 0.05) is 18.7 Å². The van der Waals surface area contributed by atoms with Crippen LogP contribution in [0.4, 0.5) is 0 Å². The number of aryl methyl sites for hydroxylation is 1. The van der Waals surface area contributed by atoms with Gasteiger partial charge in [0.05, 0.1) is 18.2 Å². The van der Waals surface area contributed by atoms with Gasteiger partial charge in [0.2, 0.25) is 0 Å². The minimum atomic E-state index is -0.758. The molecule has 1 aliphatic rings. The van der Waals surface area contributed by atoms with Gasteiger partial charge in [-0.15, -0.1) is 0 Å². The minimum absolute atomic E-state index is 0.0594. The Morgan fingerprint density at radius 3 is 2.38 bits per heavy atom. The second-order valence-electron chi connectivity index (χ2n) is 9.20. The van der Waals surface area contributed by atoms with E-state index in [0.717, 1.165) is 5.56 Å². The molecule has 1 aliphatic heterocycles. The third kappa shape index (κ3) is 5.67. The van der Waals surface area contributed by atoms with Crippen molar-refractivity contribution in [3.63, 3.8) is 0 Å². The fourth-order valence-corrected chi connectivity index (χ4v) is 4.41. The molecule has 37 heavy (non-hydrogen) atoms. The highest BCUT2D eigenvalue weighted by Gasteiger charge is 2.46. The molecular weight excluding hydrogens is 468 g/mol. The van der Waals surface area contributed by atoms with E-state index in [1.54, 1.807) is 18.2 Å². The molecule has 1 heterocycles. The fourth-order valence-electron chi connectivity index (χ4n) is 4.41. The van der Waals surface area contributed by atoms with Gasteiger partial charge in [-0.25, -0.2) is 0 Å². The number of amides is 1. The number of aliphatic hydroxyl groups excluding tert-OH is 1. The van der Waals surface area contributed by atoms with Crippen LogP contribution >= 0.6 is 0 Å². The smallest absolute Gasteiger partial charge is 0.295 e. The molecule has 0 aliphatic carbocycles. The molecule has 0 aromatic heterocycles. The Morgan fingerprint density at radius 1 is 0.973 bits per heavy atom. The van der Waals surface area contributed by atoms with Crippen molar-refractivity contribution < 1.29 is 24.2 Å². The summed E-state index contributed by atoms with van der Waals surface area (Å²) in [6, 6.07) is 21.1. The molecule has 0 saturated carbocycles. The van der Waals surface area contributed by atoms with Gasteiger partial charge in [-0.3, -0.25) is 9.59 Å². The minimum Gasteiger partial charge on any atom is -0.507 e. The van der Waals surface area contributed by atoms with E-state index in [0.29, 0.717) is 48.1 Å². The summed E-state index contributed by atoms with van der Waals surface area (Å²) in [6.07, 6.45) is 0. The van der Waals surface area contributed by atoms with Crippen molar-refractivity contribution in [1.29, 1.82) is 0 Å². The summed E-state index contributed by atoms with van der Waals surface area (Å²) >= 11 is 0. The molecule has 1 saturated heterocycles. The molecule has 1 N–H and O–H groups in total. The summed E-state index contributed by atoms with van der Waals surface area (Å²) in [4.78, 5) is 30.0. The first kappa shape index (κ1) is 26.0. The summed E-state index contributed by atoms with van der Waals surface area (Å²) in [5.74, 6) is 0.390. The van der Waals surface area contributed by atoms with Gasteiger partial charge >= 0.3 is 0 Å². The predicted octanol–water partition coefficient (Wildman–Crippen LogP) is 5.17. The van der Waals surface area contributed by atoms with Crippen LogP contribution in [0.2, 0.25) is 0 Å². The number of hydrogen-bond acceptors (Lipinski definition) is 6. The Morgan fingerprint density at radius 2 is 1.70 bits per heavy atom. The molecule has 7 nitrogen and oxygen atoms in total. The molecule has 0 bridgehead atoms. The second kappa shape index (κ2) is 11.3. The molecule has 3 aromatic rings. The SMILES string of the molecule is CCOc1ccc(C(O)=C2C(=O)C(=O)N(CCN(C)C)[C@@H]2c2cccc(Oc3ccccc3)c2)cc1C. The Kier molecular flexibility index (Phi) is 7.94. The zero-order valence-electron chi connectivity index (χ0n) is 21.6. The van der Waals surface area contributed by atoms with Gasteiger partial charge in [0.25, 0.3) is 11.7 Å². The van der Waals surface area contributed by atoms with Crippen LogP contribution < -0.4 is 9.47 Å². The number of para-hydroxylation sites is 1. The average Bonchev–Trinajstić information content (AvgIpc) is 3.14. The lowest BCUT2D eigenvalue weighted by molar-refractivity contribution is -0.140. The van der Waals surface area contributed by atoms with Crippen molar-refractivity contribution >= 4 is 17.4 Å². The number of Topliss-reactive ketones (excluding diaryl/α,β-unsaturated/α-hetero) is 1. The van der Waals surface area contributed by atoms with Crippen LogP contribution in [0.25, 0.3) is 5.76 Å². The summed E-state index contributed by atoms with van der Waals surface area (Å²) in [6.45, 7) is 5.18. The molecule has 1 fully saturated rings. The Balaban J connectivity index is 1.80. The Hall–Kier alpha value is -4.10. The van der Waals surface area contributed by atoms with E-state index >= 15 is 0 Å². The van der Waals surface area contributed by atoms with Crippen LogP contribution in [-0.4, -0.2) is 60.4 Å². The van der Waals surface area contributed by atoms with E-state index in [9.17, 15) is 14.7 Å². The quantitative estimate of drug-likeness (QED) is 0.248. The zero-order valence-corrected chi connectivity index (χ0v) is 21.6. The van der Waals surface area contributed by atoms with Crippen LogP contribution in [-0.2, 0) is 9.59 Å². The molecule has 192 valence electrons. The third-order valence-corrected chi connectivity index (χ3v) is 6.23. The maximum absolute atomic E-state index is 13.3. The highest BCUT2D eigenvalue weighted by molar-refractivity contribution is 6.46. The Labute approximate surface area is 217 Å². The maximum Gasteiger partial charge on any atom is 0.295 e. The number of rotatable bonds is 9. The first-order chi connectivity index (χ1) is 17.8. The summed E-state index contributed by atoms with van der Waals surface area (Å²) < 4.78 is 11.6. The Bertz CT molecular complexity index is 1320. The number of ketones is 1. The highest BCUT2D eigenvalue weighted by atomic mass is 16.5. The van der Waals surface area contributed by atoms with Crippen LogP contribution in [0, 0.1) is 6.92 Å². The molecule has 0 spiro atoms. The van der Waals surface area contributed by atoms with E-state index in [4.69, 9.17) is 9.47 Å². The first-order valence-electron chi connectivity index (χ1n) is 12.3. The largest absolute Gasteiger partial charge is 0.507 e. The fraction of sp³-hybridized carbons (Fsp3) is 0.267. The van der Waals surface area contributed by atoms with Crippen molar-refractivity contribution in [3.05, 3.63) is 95.1 Å². The lowest BCUT2D eigenvalue weighted by Crippen LogP contribution is -2.35. The number of ether oxygens (including phenoxy) is 2. The first-order valence-corrected chi connectivity index (χ1v) is 12.3. The lowest BCUT2D eigenvalue weighted by Gasteiger charge is -2.27. The van der Waals surface area contributed by atoms with Crippen molar-refractivity contribution in [2.24, 2.45) is 0 Å². The summed E-state index contributed by atoms with van der Waals surface area (Å²) in [7, 11) is 3.81. The van der Waals surface area contributed by atoms with E-state index < -0.39 is 17.7 Å². The molecule has 7 heteroatoms. The number of hydrogen-bond donors (Lipinski definition) is 1. The third-order valence-electron chi connectivity index (χ3n) is 6.23. The van der Waals surface area contributed by atoms with Gasteiger partial charge in [0.1, 0.15) is 23.0 Å². The van der Waals surface area contributed by atoms with Crippen LogP contribution in [0.3, 0.4) is 0 Å². The normalized spacial score (nSPS) is 16.9. The molecule has 3 aromatic carbocycles. The van der Waals surface area contributed by atoms with Crippen LogP contribution in [0.1, 0.15) is 29.7 Å². The van der Waals surface area contributed by atoms with E-state index in [-0.39, 0.29) is 11.3 Å². The van der Waals surface area contributed by atoms with Gasteiger partial charge < -0.3 is 24.4 Å². The number of nitrogens with zero attached hydrogens (tertiary/aromatic N) is 2. The van der Waals surface area contributed by atoms with Gasteiger partial charge in [0.15, 0.2) is 0 Å². The lowest BCUT2D eigenvalue weighted by atomic mass is 9.94. The molecular formula is C30H32N2O5. The van der Waals surface area contributed by atoms with Crippen molar-refractivity contribution in [2.45, 2.75) is 19.9 Å². The van der Waals surface area contributed by atoms with Crippen molar-refractivity contribution in [2.75, 3.05) is 33.8 Å². The number of carbonyl (C=O) groups is 2. The zero-order chi connectivity index (χ0) is 26.5. The molecule has 1 atom stereocenters. The number of carbonyl (C=O) groups excluding carboxylic acids is 2. The standard InChI is InChI=1S/C30H32N2O5/c1-5-36-25-15-14-22(18-20(25)2)28(33)26-27(32(17-16-31(3)4)30(35)29(26)34)21-10-9-13-24(19-21)37-23-11-7-6-8-12-23/h6-15,18-19,27,33H,5,16-17H2,1-4H3/t27-/m1/s1. The van der Waals surface area contributed by atoms with Crippen molar-refractivity contribution in [1.82, 2.24) is 9.80 Å². The topological polar surface area (TPSA) is 79.3 Å². The monoisotopic (exact) mass is 500 g/mol. The van der Waals surface area contributed by atoms with Crippen molar-refractivity contribution in [3.8, 4) is 17.2 Å². The predicted molar refractivity (Wildman–Crippen MR) is 143 cm³/mol. The van der Waals surface area contributed by atoms with Gasteiger partial charge in [-0.1, -0.05) is 30.3 Å². The summed E-state index contributed by atoms with van der Waals surface area (Å²) in [5.41, 5.74) is 2.01. The van der Waals surface area contributed by atoms with Crippen LogP contribution in [0.15, 0.2) is 78.4 Å².